The highest BCUT2D eigenvalue weighted by atomic mass is 16.5. The lowest BCUT2D eigenvalue weighted by atomic mass is 10.0. The van der Waals surface area contributed by atoms with E-state index in [1.807, 2.05) is 0 Å². The van der Waals surface area contributed by atoms with Crippen LogP contribution < -0.4 is 11.1 Å². The third-order valence-electron chi connectivity index (χ3n) is 2.96. The molecule has 0 spiro atoms. The first-order valence-electron chi connectivity index (χ1n) is 6.77. The van der Waals surface area contributed by atoms with Crippen molar-refractivity contribution in [1.29, 1.82) is 0 Å². The maximum Gasteiger partial charge on any atom is 0.308 e. The number of esters is 1. The van der Waals surface area contributed by atoms with Gasteiger partial charge < -0.3 is 15.8 Å². The van der Waals surface area contributed by atoms with Gasteiger partial charge in [-0.1, -0.05) is 25.1 Å². The van der Waals surface area contributed by atoms with Crippen LogP contribution in [0.3, 0.4) is 0 Å². The van der Waals surface area contributed by atoms with Crippen molar-refractivity contribution in [1.82, 2.24) is 5.32 Å². The summed E-state index contributed by atoms with van der Waals surface area (Å²) < 4.78 is 4.87. The number of ether oxygens (including phenoxy) is 1. The maximum atomic E-state index is 12.0. The van der Waals surface area contributed by atoms with Gasteiger partial charge in [-0.2, -0.15) is 0 Å². The van der Waals surface area contributed by atoms with Crippen LogP contribution in [0.1, 0.15) is 30.6 Å². The second-order valence-corrected chi connectivity index (χ2v) is 4.68. The number of carbonyl (C=O) groups is 3. The van der Waals surface area contributed by atoms with Crippen molar-refractivity contribution in [3.63, 3.8) is 0 Å². The molecule has 0 bridgehead atoms. The van der Waals surface area contributed by atoms with E-state index in [0.29, 0.717) is 5.56 Å². The zero-order chi connectivity index (χ0) is 15.8. The molecule has 1 aromatic rings. The van der Waals surface area contributed by atoms with Crippen molar-refractivity contribution in [3.8, 4) is 0 Å². The van der Waals surface area contributed by atoms with Crippen molar-refractivity contribution in [3.05, 3.63) is 35.9 Å². The molecule has 0 heterocycles. The van der Waals surface area contributed by atoms with Gasteiger partial charge in [0.05, 0.1) is 12.5 Å². The zero-order valence-electron chi connectivity index (χ0n) is 12.2. The van der Waals surface area contributed by atoms with Crippen LogP contribution >= 0.6 is 0 Å². The third-order valence-corrected chi connectivity index (χ3v) is 2.96. The monoisotopic (exact) mass is 292 g/mol. The van der Waals surface area contributed by atoms with Crippen LogP contribution in [-0.4, -0.2) is 30.4 Å². The predicted molar refractivity (Wildman–Crippen MR) is 77.3 cm³/mol. The molecule has 114 valence electrons. The summed E-state index contributed by atoms with van der Waals surface area (Å²) in [4.78, 5) is 35.0. The van der Waals surface area contributed by atoms with Gasteiger partial charge in [0, 0.05) is 5.56 Å². The molecule has 21 heavy (non-hydrogen) atoms. The van der Waals surface area contributed by atoms with Crippen molar-refractivity contribution in [2.75, 3.05) is 6.61 Å². The van der Waals surface area contributed by atoms with Gasteiger partial charge >= 0.3 is 5.97 Å². The molecule has 2 atom stereocenters. The maximum absolute atomic E-state index is 12.0. The van der Waals surface area contributed by atoms with Crippen LogP contribution in [-0.2, 0) is 14.3 Å². The molecule has 1 rings (SSSR count). The first-order chi connectivity index (χ1) is 9.95. The van der Waals surface area contributed by atoms with E-state index in [4.69, 9.17) is 10.5 Å². The first kappa shape index (κ1) is 16.7. The molecule has 0 aromatic heterocycles. The highest BCUT2D eigenvalue weighted by Crippen LogP contribution is 2.09. The van der Waals surface area contributed by atoms with Crippen LogP contribution in [0, 0.1) is 5.92 Å². The van der Waals surface area contributed by atoms with Crippen molar-refractivity contribution >= 4 is 17.8 Å². The summed E-state index contributed by atoms with van der Waals surface area (Å²) in [6.07, 6.45) is 0.104. The van der Waals surface area contributed by atoms with E-state index in [1.165, 1.54) is 0 Å². The van der Waals surface area contributed by atoms with Gasteiger partial charge in [-0.05, 0) is 25.5 Å². The fraction of sp³-hybridized carbons (Fsp3) is 0.400. The average molecular weight is 292 g/mol. The van der Waals surface area contributed by atoms with Crippen LogP contribution in [0.5, 0.6) is 0 Å². The number of nitrogens with one attached hydrogen (secondary N) is 1. The zero-order valence-corrected chi connectivity index (χ0v) is 12.2. The Hall–Kier alpha value is -2.37. The van der Waals surface area contributed by atoms with E-state index < -0.39 is 29.7 Å². The standard InChI is InChI=1S/C15H20N2O4/c1-3-21-15(20)10(2)9-12(13(16)18)17-14(19)11-7-5-4-6-8-11/h4-8,10,12H,3,9H2,1-2H3,(H2,16,18)(H,17,19)/t10-,12-/m1/s1. The van der Waals surface area contributed by atoms with Crippen LogP contribution in [0.4, 0.5) is 0 Å². The minimum absolute atomic E-state index is 0.104. The molecule has 6 heteroatoms. The van der Waals surface area contributed by atoms with E-state index >= 15 is 0 Å². The summed E-state index contributed by atoms with van der Waals surface area (Å²) in [6.45, 7) is 3.59. The molecule has 3 N–H and O–H groups in total. The van der Waals surface area contributed by atoms with E-state index in [2.05, 4.69) is 5.32 Å². The van der Waals surface area contributed by atoms with Gasteiger partial charge in [-0.3, -0.25) is 14.4 Å². The van der Waals surface area contributed by atoms with Gasteiger partial charge in [0.25, 0.3) is 5.91 Å². The fourth-order valence-corrected chi connectivity index (χ4v) is 1.81. The van der Waals surface area contributed by atoms with E-state index in [-0.39, 0.29) is 13.0 Å². The van der Waals surface area contributed by atoms with Crippen molar-refractivity contribution in [2.24, 2.45) is 11.7 Å². The first-order valence-corrected chi connectivity index (χ1v) is 6.77. The summed E-state index contributed by atoms with van der Waals surface area (Å²) in [6, 6.07) is 7.55. The Morgan fingerprint density at radius 3 is 2.38 bits per heavy atom. The highest BCUT2D eigenvalue weighted by Gasteiger charge is 2.25. The number of rotatable bonds is 7. The highest BCUT2D eigenvalue weighted by molar-refractivity contribution is 5.97. The normalized spacial score (nSPS) is 13.0. The summed E-state index contributed by atoms with van der Waals surface area (Å²) in [5, 5.41) is 2.54. The molecule has 0 saturated carbocycles. The van der Waals surface area contributed by atoms with Crippen LogP contribution in [0.2, 0.25) is 0 Å². The second kappa shape index (κ2) is 8.04. The molecule has 0 aliphatic carbocycles. The van der Waals surface area contributed by atoms with Crippen LogP contribution in [0.25, 0.3) is 0 Å². The van der Waals surface area contributed by atoms with Crippen molar-refractivity contribution in [2.45, 2.75) is 26.3 Å². The molecule has 1 aromatic carbocycles. The lowest BCUT2D eigenvalue weighted by molar-refractivity contribution is -0.147. The van der Waals surface area contributed by atoms with E-state index in [9.17, 15) is 14.4 Å². The number of amides is 2. The molecule has 0 radical (unpaired) electrons. The number of primary amides is 1. The lowest BCUT2D eigenvalue weighted by Gasteiger charge is -2.18. The Balaban J connectivity index is 2.68. The molecule has 0 aliphatic heterocycles. The van der Waals surface area contributed by atoms with Gasteiger partial charge in [0.15, 0.2) is 0 Å². The summed E-state index contributed by atoms with van der Waals surface area (Å²) in [5.74, 6) is -2.04. The fourth-order valence-electron chi connectivity index (χ4n) is 1.81. The average Bonchev–Trinajstić information content (AvgIpc) is 2.47. The Morgan fingerprint density at radius 2 is 1.86 bits per heavy atom. The molecular formula is C15H20N2O4. The van der Waals surface area contributed by atoms with Gasteiger partial charge in [0.2, 0.25) is 5.91 Å². The van der Waals surface area contributed by atoms with E-state index in [1.54, 1.807) is 44.2 Å². The quantitative estimate of drug-likeness (QED) is 0.728. The minimum Gasteiger partial charge on any atom is -0.466 e. The largest absolute Gasteiger partial charge is 0.466 e. The number of carbonyl (C=O) groups excluding carboxylic acids is 3. The molecular weight excluding hydrogens is 272 g/mol. The number of hydrogen-bond acceptors (Lipinski definition) is 4. The number of hydrogen-bond donors (Lipinski definition) is 2. The topological polar surface area (TPSA) is 98.5 Å². The Kier molecular flexibility index (Phi) is 6.39. The molecule has 0 aliphatic rings. The molecule has 6 nitrogen and oxygen atoms in total. The Bertz CT molecular complexity index is 502. The van der Waals surface area contributed by atoms with Gasteiger partial charge in [0.1, 0.15) is 6.04 Å². The predicted octanol–water partition coefficient (Wildman–Crippen LogP) is 0.860. The smallest absolute Gasteiger partial charge is 0.308 e. The molecule has 0 fully saturated rings. The van der Waals surface area contributed by atoms with Gasteiger partial charge in [-0.25, -0.2) is 0 Å². The summed E-state index contributed by atoms with van der Waals surface area (Å²) in [5.41, 5.74) is 5.70. The second-order valence-electron chi connectivity index (χ2n) is 4.68. The molecule has 2 amide bonds. The van der Waals surface area contributed by atoms with Crippen molar-refractivity contribution < 1.29 is 19.1 Å². The summed E-state index contributed by atoms with van der Waals surface area (Å²) in [7, 11) is 0. The SMILES string of the molecule is CCOC(=O)[C@H](C)C[C@@H](NC(=O)c1ccccc1)C(N)=O. The Morgan fingerprint density at radius 1 is 1.24 bits per heavy atom. The third kappa shape index (κ3) is 5.25. The van der Waals surface area contributed by atoms with Crippen LogP contribution in [0.15, 0.2) is 30.3 Å². The Labute approximate surface area is 123 Å². The van der Waals surface area contributed by atoms with Gasteiger partial charge in [-0.15, -0.1) is 0 Å². The molecule has 0 unspecified atom stereocenters. The molecule has 0 saturated heterocycles. The van der Waals surface area contributed by atoms with E-state index in [0.717, 1.165) is 0 Å². The number of benzene rings is 1. The minimum atomic E-state index is -0.919. The summed E-state index contributed by atoms with van der Waals surface area (Å²) >= 11 is 0. The lowest BCUT2D eigenvalue weighted by Crippen LogP contribution is -2.46. The number of nitrogens with two attached hydrogens (primary N) is 1.